The lowest BCUT2D eigenvalue weighted by Gasteiger charge is -2.26. The van der Waals surface area contributed by atoms with E-state index < -0.39 is 0 Å². The van der Waals surface area contributed by atoms with Crippen molar-refractivity contribution in [1.82, 2.24) is 5.32 Å². The maximum Gasteiger partial charge on any atom is 0.00645 e. The van der Waals surface area contributed by atoms with E-state index in [0.717, 1.165) is 12.0 Å². The standard InChI is InChI=1S/C8H17NS/c1-7(9-2)8-3-5-10-6-4-8/h7-9H,3-6H2,1-2H3. The van der Waals surface area contributed by atoms with Crippen LogP contribution in [0.25, 0.3) is 0 Å². The van der Waals surface area contributed by atoms with Crippen molar-refractivity contribution in [3.05, 3.63) is 0 Å². The van der Waals surface area contributed by atoms with E-state index in [-0.39, 0.29) is 0 Å². The van der Waals surface area contributed by atoms with Gasteiger partial charge in [0.05, 0.1) is 0 Å². The lowest BCUT2D eigenvalue weighted by molar-refractivity contribution is 0.372. The minimum absolute atomic E-state index is 0.723. The highest BCUT2D eigenvalue weighted by atomic mass is 32.2. The summed E-state index contributed by atoms with van der Waals surface area (Å²) in [5, 5.41) is 3.33. The van der Waals surface area contributed by atoms with E-state index in [1.54, 1.807) is 0 Å². The zero-order valence-corrected chi connectivity index (χ0v) is 7.71. The Morgan fingerprint density at radius 1 is 1.40 bits per heavy atom. The molecule has 0 saturated carbocycles. The minimum Gasteiger partial charge on any atom is -0.317 e. The molecule has 1 nitrogen and oxygen atoms in total. The third kappa shape index (κ3) is 2.17. The van der Waals surface area contributed by atoms with Crippen LogP contribution in [-0.2, 0) is 0 Å². The fourth-order valence-electron chi connectivity index (χ4n) is 1.45. The maximum atomic E-state index is 3.33. The van der Waals surface area contributed by atoms with Crippen LogP contribution in [0.3, 0.4) is 0 Å². The smallest absolute Gasteiger partial charge is 0.00645 e. The molecule has 1 aliphatic heterocycles. The second-order valence-electron chi connectivity index (χ2n) is 3.03. The normalized spacial score (nSPS) is 24.6. The number of hydrogen-bond acceptors (Lipinski definition) is 2. The molecule has 1 atom stereocenters. The molecule has 0 aromatic carbocycles. The predicted octanol–water partition coefficient (Wildman–Crippen LogP) is 1.74. The molecule has 0 amide bonds. The van der Waals surface area contributed by atoms with E-state index in [1.165, 1.54) is 24.3 Å². The largest absolute Gasteiger partial charge is 0.317 e. The molecule has 2 heteroatoms. The van der Waals surface area contributed by atoms with Crippen molar-refractivity contribution in [2.75, 3.05) is 18.6 Å². The van der Waals surface area contributed by atoms with Gasteiger partial charge in [0, 0.05) is 6.04 Å². The van der Waals surface area contributed by atoms with Gasteiger partial charge in [0.25, 0.3) is 0 Å². The molecular formula is C8H17NS. The van der Waals surface area contributed by atoms with Gasteiger partial charge in [-0.25, -0.2) is 0 Å². The lowest BCUT2D eigenvalue weighted by Crippen LogP contribution is -2.32. The van der Waals surface area contributed by atoms with Crippen LogP contribution in [-0.4, -0.2) is 24.6 Å². The van der Waals surface area contributed by atoms with Gasteiger partial charge >= 0.3 is 0 Å². The van der Waals surface area contributed by atoms with Gasteiger partial charge in [-0.05, 0) is 44.2 Å². The fraction of sp³-hybridized carbons (Fsp3) is 1.00. The summed E-state index contributed by atoms with van der Waals surface area (Å²) in [5.41, 5.74) is 0. The first-order valence-electron chi connectivity index (χ1n) is 4.09. The van der Waals surface area contributed by atoms with Crippen molar-refractivity contribution >= 4 is 11.8 Å². The monoisotopic (exact) mass is 159 g/mol. The Hall–Kier alpha value is 0.310. The predicted molar refractivity (Wildman–Crippen MR) is 48.6 cm³/mol. The number of thioether (sulfide) groups is 1. The van der Waals surface area contributed by atoms with Crippen molar-refractivity contribution < 1.29 is 0 Å². The van der Waals surface area contributed by atoms with E-state index >= 15 is 0 Å². The van der Waals surface area contributed by atoms with Gasteiger partial charge in [0.2, 0.25) is 0 Å². The Morgan fingerprint density at radius 2 is 2.00 bits per heavy atom. The minimum atomic E-state index is 0.723. The molecule has 1 heterocycles. The highest BCUT2D eigenvalue weighted by molar-refractivity contribution is 7.99. The van der Waals surface area contributed by atoms with Crippen LogP contribution in [0.1, 0.15) is 19.8 Å². The summed E-state index contributed by atoms with van der Waals surface area (Å²) in [7, 11) is 2.06. The van der Waals surface area contributed by atoms with Crippen LogP contribution in [0, 0.1) is 5.92 Å². The summed E-state index contributed by atoms with van der Waals surface area (Å²) < 4.78 is 0. The first-order chi connectivity index (χ1) is 4.84. The lowest BCUT2D eigenvalue weighted by atomic mass is 9.95. The van der Waals surface area contributed by atoms with Crippen LogP contribution in [0.2, 0.25) is 0 Å². The summed E-state index contributed by atoms with van der Waals surface area (Å²) in [5.74, 6) is 3.68. The summed E-state index contributed by atoms with van der Waals surface area (Å²) in [6.45, 7) is 2.29. The molecule has 0 radical (unpaired) electrons. The number of nitrogens with one attached hydrogen (secondary N) is 1. The molecule has 1 aliphatic rings. The summed E-state index contributed by atoms with van der Waals surface area (Å²) in [6.07, 6.45) is 2.82. The van der Waals surface area contributed by atoms with E-state index in [9.17, 15) is 0 Å². The van der Waals surface area contributed by atoms with Gasteiger partial charge in [-0.3, -0.25) is 0 Å². The van der Waals surface area contributed by atoms with Gasteiger partial charge in [0.1, 0.15) is 0 Å². The van der Waals surface area contributed by atoms with E-state index in [4.69, 9.17) is 0 Å². The molecule has 1 unspecified atom stereocenters. The van der Waals surface area contributed by atoms with Crippen LogP contribution >= 0.6 is 11.8 Å². The molecule has 1 N–H and O–H groups in total. The molecule has 0 aromatic heterocycles. The summed E-state index contributed by atoms with van der Waals surface area (Å²) in [6, 6.07) is 0.723. The Kier molecular flexibility index (Phi) is 3.57. The molecule has 0 bridgehead atoms. The topological polar surface area (TPSA) is 12.0 Å². The van der Waals surface area contributed by atoms with Gasteiger partial charge in [-0.15, -0.1) is 0 Å². The van der Waals surface area contributed by atoms with E-state index in [2.05, 4.69) is 31.1 Å². The third-order valence-electron chi connectivity index (χ3n) is 2.43. The maximum absolute atomic E-state index is 3.33. The molecule has 1 fully saturated rings. The fourth-order valence-corrected chi connectivity index (χ4v) is 2.59. The molecule has 1 saturated heterocycles. The van der Waals surface area contributed by atoms with Crippen LogP contribution in [0.5, 0.6) is 0 Å². The first kappa shape index (κ1) is 8.41. The van der Waals surface area contributed by atoms with Crippen LogP contribution < -0.4 is 5.32 Å². The molecular weight excluding hydrogens is 142 g/mol. The van der Waals surface area contributed by atoms with Crippen LogP contribution in [0.15, 0.2) is 0 Å². The van der Waals surface area contributed by atoms with E-state index in [1.807, 2.05) is 0 Å². The second kappa shape index (κ2) is 4.24. The molecule has 1 rings (SSSR count). The van der Waals surface area contributed by atoms with Gasteiger partial charge in [-0.2, -0.15) is 11.8 Å². The Morgan fingerprint density at radius 3 is 2.50 bits per heavy atom. The average molecular weight is 159 g/mol. The molecule has 0 aliphatic carbocycles. The number of hydrogen-bond donors (Lipinski definition) is 1. The van der Waals surface area contributed by atoms with Crippen molar-refractivity contribution in [3.63, 3.8) is 0 Å². The highest BCUT2D eigenvalue weighted by Gasteiger charge is 2.18. The van der Waals surface area contributed by atoms with Gasteiger partial charge in [0.15, 0.2) is 0 Å². The van der Waals surface area contributed by atoms with Crippen molar-refractivity contribution in [2.24, 2.45) is 5.92 Å². The Labute approximate surface area is 68.0 Å². The quantitative estimate of drug-likeness (QED) is 0.658. The average Bonchev–Trinajstić information content (AvgIpc) is 2.05. The van der Waals surface area contributed by atoms with E-state index in [0.29, 0.717) is 0 Å². The van der Waals surface area contributed by atoms with Gasteiger partial charge in [-0.1, -0.05) is 0 Å². The molecule has 10 heavy (non-hydrogen) atoms. The summed E-state index contributed by atoms with van der Waals surface area (Å²) >= 11 is 2.10. The Balaban J connectivity index is 2.24. The summed E-state index contributed by atoms with van der Waals surface area (Å²) in [4.78, 5) is 0. The van der Waals surface area contributed by atoms with Gasteiger partial charge < -0.3 is 5.32 Å². The molecule has 0 aromatic rings. The number of rotatable bonds is 2. The molecule has 60 valence electrons. The van der Waals surface area contributed by atoms with Crippen molar-refractivity contribution in [3.8, 4) is 0 Å². The second-order valence-corrected chi connectivity index (χ2v) is 4.25. The SMILES string of the molecule is CNC(C)C1CCSCC1. The molecule has 0 spiro atoms. The van der Waals surface area contributed by atoms with Crippen LogP contribution in [0.4, 0.5) is 0 Å². The van der Waals surface area contributed by atoms with Crippen molar-refractivity contribution in [2.45, 2.75) is 25.8 Å². The highest BCUT2D eigenvalue weighted by Crippen LogP contribution is 2.24. The van der Waals surface area contributed by atoms with Crippen molar-refractivity contribution in [1.29, 1.82) is 0 Å². The zero-order valence-electron chi connectivity index (χ0n) is 6.89. The Bertz CT molecular complexity index is 89.3. The zero-order chi connectivity index (χ0) is 7.40. The third-order valence-corrected chi connectivity index (χ3v) is 3.48. The first-order valence-corrected chi connectivity index (χ1v) is 5.25.